The molecule has 23 heavy (non-hydrogen) atoms. The lowest BCUT2D eigenvalue weighted by atomic mass is 10.2. The Kier molecular flexibility index (Phi) is 3.77. The maximum Gasteiger partial charge on any atom is 0.332 e. The van der Waals surface area contributed by atoms with Crippen molar-refractivity contribution in [1.82, 2.24) is 18.7 Å². The number of rotatable bonds is 4. The molecule has 2 aromatic heterocycles. The van der Waals surface area contributed by atoms with Crippen molar-refractivity contribution in [1.29, 1.82) is 0 Å². The number of fused-ring (bicyclic) bond motifs is 1. The number of imidazole rings is 1. The van der Waals surface area contributed by atoms with Crippen molar-refractivity contribution in [2.24, 2.45) is 14.1 Å². The van der Waals surface area contributed by atoms with Crippen molar-refractivity contribution in [2.75, 3.05) is 6.61 Å². The van der Waals surface area contributed by atoms with E-state index < -0.39 is 0 Å². The van der Waals surface area contributed by atoms with Crippen LogP contribution in [0, 0.1) is 6.92 Å². The highest BCUT2D eigenvalue weighted by Gasteiger charge is 2.13. The third kappa shape index (κ3) is 2.65. The highest BCUT2D eigenvalue weighted by atomic mass is 16.5. The lowest BCUT2D eigenvalue weighted by Gasteiger charge is -2.09. The van der Waals surface area contributed by atoms with Crippen LogP contribution in [-0.2, 0) is 20.6 Å². The fourth-order valence-electron chi connectivity index (χ4n) is 2.53. The molecule has 0 fully saturated rings. The largest absolute Gasteiger partial charge is 0.492 e. The summed E-state index contributed by atoms with van der Waals surface area (Å²) in [5.41, 5.74) is 1.18. The molecule has 0 aliphatic rings. The van der Waals surface area contributed by atoms with Gasteiger partial charge in [0.2, 0.25) is 0 Å². The molecule has 0 bridgehead atoms. The summed E-state index contributed by atoms with van der Waals surface area (Å²) in [4.78, 5) is 28.4. The smallest absolute Gasteiger partial charge is 0.332 e. The van der Waals surface area contributed by atoms with E-state index in [4.69, 9.17) is 4.74 Å². The Hall–Kier alpha value is -2.83. The Morgan fingerprint density at radius 1 is 1.17 bits per heavy atom. The highest BCUT2D eigenvalue weighted by molar-refractivity contribution is 5.69. The van der Waals surface area contributed by atoms with E-state index in [1.807, 2.05) is 31.2 Å². The molecule has 0 saturated carbocycles. The Morgan fingerprint density at radius 2 is 1.96 bits per heavy atom. The summed E-state index contributed by atoms with van der Waals surface area (Å²) in [6.07, 6.45) is 1.56. The van der Waals surface area contributed by atoms with Gasteiger partial charge in [0.05, 0.1) is 12.9 Å². The molecular formula is C16H18N4O3. The number of hydrogen-bond acceptors (Lipinski definition) is 4. The molecule has 2 heterocycles. The maximum absolute atomic E-state index is 12.3. The topological polar surface area (TPSA) is 71.1 Å². The maximum atomic E-state index is 12.3. The minimum atomic E-state index is -0.385. The molecule has 0 aliphatic heterocycles. The number of aryl methyl sites for hydroxylation is 2. The third-order valence-electron chi connectivity index (χ3n) is 3.81. The molecule has 120 valence electrons. The lowest BCUT2D eigenvalue weighted by molar-refractivity contribution is 0.300. The van der Waals surface area contributed by atoms with E-state index in [0.717, 1.165) is 15.9 Å². The van der Waals surface area contributed by atoms with E-state index in [0.29, 0.717) is 24.3 Å². The first-order valence-corrected chi connectivity index (χ1v) is 7.29. The molecule has 0 spiro atoms. The summed E-state index contributed by atoms with van der Waals surface area (Å²) < 4.78 is 9.88. The Morgan fingerprint density at radius 3 is 2.70 bits per heavy atom. The van der Waals surface area contributed by atoms with Gasteiger partial charge in [-0.2, -0.15) is 0 Å². The van der Waals surface area contributed by atoms with Gasteiger partial charge in [-0.25, -0.2) is 9.78 Å². The molecular weight excluding hydrogens is 296 g/mol. The van der Waals surface area contributed by atoms with Crippen LogP contribution >= 0.6 is 0 Å². The standard InChI is InChI=1S/C16H18N4O3/c1-11-5-4-6-12(9-11)23-8-7-20-10-17-14-13(20)15(21)19(3)16(22)18(14)2/h4-6,9-10H,7-8H2,1-3H3. The van der Waals surface area contributed by atoms with Crippen molar-refractivity contribution in [3.8, 4) is 5.75 Å². The monoisotopic (exact) mass is 314 g/mol. The van der Waals surface area contributed by atoms with E-state index in [-0.39, 0.29) is 11.2 Å². The van der Waals surface area contributed by atoms with Crippen LogP contribution in [-0.4, -0.2) is 25.3 Å². The van der Waals surface area contributed by atoms with Crippen LogP contribution in [0.3, 0.4) is 0 Å². The first kappa shape index (κ1) is 15.1. The molecule has 0 atom stereocenters. The van der Waals surface area contributed by atoms with Crippen molar-refractivity contribution in [2.45, 2.75) is 13.5 Å². The van der Waals surface area contributed by atoms with Crippen molar-refractivity contribution in [3.05, 3.63) is 57.0 Å². The number of benzene rings is 1. The summed E-state index contributed by atoms with van der Waals surface area (Å²) in [5.74, 6) is 0.787. The van der Waals surface area contributed by atoms with E-state index in [1.165, 1.54) is 11.6 Å². The second-order valence-corrected chi connectivity index (χ2v) is 5.48. The molecule has 0 amide bonds. The average Bonchev–Trinajstić information content (AvgIpc) is 2.95. The van der Waals surface area contributed by atoms with Crippen molar-refractivity contribution < 1.29 is 4.74 Å². The van der Waals surface area contributed by atoms with Gasteiger partial charge in [-0.1, -0.05) is 12.1 Å². The van der Waals surface area contributed by atoms with Gasteiger partial charge < -0.3 is 9.30 Å². The molecule has 3 aromatic rings. The molecule has 3 rings (SSSR count). The summed E-state index contributed by atoms with van der Waals surface area (Å²) >= 11 is 0. The van der Waals surface area contributed by atoms with E-state index in [2.05, 4.69) is 4.98 Å². The molecule has 7 nitrogen and oxygen atoms in total. The quantitative estimate of drug-likeness (QED) is 0.715. The van der Waals surface area contributed by atoms with Crippen LogP contribution in [0.15, 0.2) is 40.2 Å². The van der Waals surface area contributed by atoms with Gasteiger partial charge in [-0.3, -0.25) is 13.9 Å². The Balaban J connectivity index is 1.87. The number of nitrogens with zero attached hydrogens (tertiary/aromatic N) is 4. The lowest BCUT2D eigenvalue weighted by Crippen LogP contribution is -2.37. The molecule has 1 aromatic carbocycles. The highest BCUT2D eigenvalue weighted by Crippen LogP contribution is 2.12. The summed E-state index contributed by atoms with van der Waals surface area (Å²) in [6, 6.07) is 7.78. The van der Waals surface area contributed by atoms with Crippen LogP contribution < -0.4 is 16.0 Å². The SMILES string of the molecule is Cc1cccc(OCCn2cnc3c2c(=O)n(C)c(=O)n3C)c1. The van der Waals surface area contributed by atoms with Gasteiger partial charge in [-0.05, 0) is 24.6 Å². The van der Waals surface area contributed by atoms with Gasteiger partial charge >= 0.3 is 5.69 Å². The first-order chi connectivity index (χ1) is 11.0. The van der Waals surface area contributed by atoms with Gasteiger partial charge in [0.15, 0.2) is 11.2 Å². The molecule has 0 aliphatic carbocycles. The predicted octanol–water partition coefficient (Wildman–Crippen LogP) is 0.821. The van der Waals surface area contributed by atoms with Gasteiger partial charge in [0.1, 0.15) is 12.4 Å². The zero-order valence-electron chi connectivity index (χ0n) is 13.3. The first-order valence-electron chi connectivity index (χ1n) is 7.29. The summed E-state index contributed by atoms with van der Waals surface area (Å²) in [7, 11) is 3.06. The fourth-order valence-corrected chi connectivity index (χ4v) is 2.53. The number of aromatic nitrogens is 4. The van der Waals surface area contributed by atoms with Gasteiger partial charge in [-0.15, -0.1) is 0 Å². The van der Waals surface area contributed by atoms with Gasteiger partial charge in [0, 0.05) is 14.1 Å². The van der Waals surface area contributed by atoms with Crippen LogP contribution in [0.1, 0.15) is 5.56 Å². The zero-order chi connectivity index (χ0) is 16.6. The molecule has 7 heteroatoms. The van der Waals surface area contributed by atoms with Crippen LogP contribution in [0.2, 0.25) is 0 Å². The Bertz CT molecular complexity index is 981. The van der Waals surface area contributed by atoms with E-state index in [9.17, 15) is 9.59 Å². The minimum absolute atomic E-state index is 0.351. The predicted molar refractivity (Wildman–Crippen MR) is 86.9 cm³/mol. The third-order valence-corrected chi connectivity index (χ3v) is 3.81. The van der Waals surface area contributed by atoms with Crippen LogP contribution in [0.5, 0.6) is 5.75 Å². The average molecular weight is 314 g/mol. The number of hydrogen-bond donors (Lipinski definition) is 0. The van der Waals surface area contributed by atoms with Crippen LogP contribution in [0.4, 0.5) is 0 Å². The van der Waals surface area contributed by atoms with E-state index in [1.54, 1.807) is 17.9 Å². The second-order valence-electron chi connectivity index (χ2n) is 5.48. The van der Waals surface area contributed by atoms with E-state index >= 15 is 0 Å². The normalized spacial score (nSPS) is 11.1. The Labute approximate surface area is 132 Å². The second kappa shape index (κ2) is 5.75. The molecule has 0 saturated heterocycles. The minimum Gasteiger partial charge on any atom is -0.492 e. The summed E-state index contributed by atoms with van der Waals surface area (Å²) in [5, 5.41) is 0. The van der Waals surface area contributed by atoms with Crippen LogP contribution in [0.25, 0.3) is 11.2 Å². The summed E-state index contributed by atoms with van der Waals surface area (Å²) in [6.45, 7) is 2.87. The van der Waals surface area contributed by atoms with Crippen molar-refractivity contribution in [3.63, 3.8) is 0 Å². The van der Waals surface area contributed by atoms with Gasteiger partial charge in [0.25, 0.3) is 5.56 Å². The zero-order valence-corrected chi connectivity index (χ0v) is 13.3. The molecule has 0 N–H and O–H groups in total. The fraction of sp³-hybridized carbons (Fsp3) is 0.312. The van der Waals surface area contributed by atoms with Crippen molar-refractivity contribution >= 4 is 11.2 Å². The molecule has 0 radical (unpaired) electrons. The molecule has 0 unspecified atom stereocenters. The number of ether oxygens (including phenoxy) is 1.